The zero-order valence-electron chi connectivity index (χ0n) is 13.5. The number of rotatable bonds is 5. The van der Waals surface area contributed by atoms with Gasteiger partial charge in [-0.2, -0.15) is 0 Å². The molecule has 0 aliphatic carbocycles. The van der Waals surface area contributed by atoms with Crippen LogP contribution in [0.1, 0.15) is 40.4 Å². The third-order valence-electron chi connectivity index (χ3n) is 3.43. The van der Waals surface area contributed by atoms with Gasteiger partial charge < -0.3 is 10.2 Å². The number of benzene rings is 1. The molecule has 0 unspecified atom stereocenters. The lowest BCUT2D eigenvalue weighted by Gasteiger charge is -2.19. The van der Waals surface area contributed by atoms with Gasteiger partial charge in [0.1, 0.15) is 5.69 Å². The number of anilines is 1. The summed E-state index contributed by atoms with van der Waals surface area (Å²) in [5.74, 6) is -0.411. The summed E-state index contributed by atoms with van der Waals surface area (Å²) in [6.45, 7) is 6.96. The summed E-state index contributed by atoms with van der Waals surface area (Å²) in [4.78, 5) is 34.3. The molecule has 6 heteroatoms. The van der Waals surface area contributed by atoms with E-state index in [-0.39, 0.29) is 17.5 Å². The van der Waals surface area contributed by atoms with Gasteiger partial charge in [0, 0.05) is 30.5 Å². The van der Waals surface area contributed by atoms with Crippen LogP contribution in [0.25, 0.3) is 0 Å². The van der Waals surface area contributed by atoms with E-state index in [1.807, 2.05) is 13.8 Å². The van der Waals surface area contributed by atoms with Gasteiger partial charge in [-0.3, -0.25) is 14.6 Å². The highest BCUT2D eigenvalue weighted by atomic mass is 16.2. The molecule has 2 aromatic rings. The fourth-order valence-corrected chi connectivity index (χ4v) is 2.13. The topological polar surface area (TPSA) is 75.2 Å². The molecule has 1 heterocycles. The first-order valence-electron chi connectivity index (χ1n) is 7.54. The third-order valence-corrected chi connectivity index (χ3v) is 3.43. The second-order valence-corrected chi connectivity index (χ2v) is 5.06. The van der Waals surface area contributed by atoms with Crippen LogP contribution in [0.2, 0.25) is 0 Å². The molecule has 0 atom stereocenters. The SMILES string of the molecule is CCN(CC)C(=O)c1cccc(NC(=O)c2cnc(C)cn2)c1. The molecule has 6 nitrogen and oxygen atoms in total. The predicted molar refractivity (Wildman–Crippen MR) is 88.4 cm³/mol. The van der Waals surface area contributed by atoms with Gasteiger partial charge in [-0.25, -0.2) is 4.98 Å². The molecule has 0 bridgehead atoms. The Bertz CT molecular complexity index is 694. The number of amides is 2. The Balaban J connectivity index is 2.15. The molecule has 23 heavy (non-hydrogen) atoms. The lowest BCUT2D eigenvalue weighted by molar-refractivity contribution is 0.0772. The highest BCUT2D eigenvalue weighted by Gasteiger charge is 2.14. The number of aromatic nitrogens is 2. The van der Waals surface area contributed by atoms with Crippen LogP contribution in [-0.2, 0) is 0 Å². The zero-order chi connectivity index (χ0) is 16.8. The molecule has 1 N–H and O–H groups in total. The van der Waals surface area contributed by atoms with Crippen molar-refractivity contribution in [2.75, 3.05) is 18.4 Å². The first-order chi connectivity index (χ1) is 11.0. The van der Waals surface area contributed by atoms with E-state index in [0.717, 1.165) is 5.69 Å². The maximum Gasteiger partial charge on any atom is 0.275 e. The molecule has 0 aliphatic heterocycles. The average molecular weight is 312 g/mol. The van der Waals surface area contributed by atoms with Crippen LogP contribution in [0.4, 0.5) is 5.69 Å². The number of nitrogens with one attached hydrogen (secondary N) is 1. The van der Waals surface area contributed by atoms with Crippen molar-refractivity contribution in [2.45, 2.75) is 20.8 Å². The van der Waals surface area contributed by atoms with Crippen molar-refractivity contribution >= 4 is 17.5 Å². The number of nitrogens with zero attached hydrogens (tertiary/aromatic N) is 3. The van der Waals surface area contributed by atoms with Crippen LogP contribution < -0.4 is 5.32 Å². The largest absolute Gasteiger partial charge is 0.339 e. The van der Waals surface area contributed by atoms with Crippen LogP contribution in [0, 0.1) is 6.92 Å². The molecule has 0 aliphatic rings. The zero-order valence-corrected chi connectivity index (χ0v) is 13.5. The summed E-state index contributed by atoms with van der Waals surface area (Å²) in [6.07, 6.45) is 2.96. The highest BCUT2D eigenvalue weighted by molar-refractivity contribution is 6.03. The highest BCUT2D eigenvalue weighted by Crippen LogP contribution is 2.14. The van der Waals surface area contributed by atoms with Gasteiger partial charge in [0.25, 0.3) is 11.8 Å². The molecule has 0 spiro atoms. The Morgan fingerprint density at radius 3 is 2.48 bits per heavy atom. The van der Waals surface area contributed by atoms with Gasteiger partial charge in [-0.15, -0.1) is 0 Å². The van der Waals surface area contributed by atoms with E-state index < -0.39 is 0 Å². The third kappa shape index (κ3) is 4.12. The Labute approximate surface area is 135 Å². The number of carbonyl (C=O) groups is 2. The number of carbonyl (C=O) groups excluding carboxylic acids is 2. The Morgan fingerprint density at radius 2 is 1.87 bits per heavy atom. The first kappa shape index (κ1) is 16.6. The van der Waals surface area contributed by atoms with E-state index >= 15 is 0 Å². The van der Waals surface area contributed by atoms with Crippen LogP contribution in [0.15, 0.2) is 36.7 Å². The van der Waals surface area contributed by atoms with Crippen molar-refractivity contribution in [3.05, 3.63) is 53.6 Å². The maximum atomic E-state index is 12.3. The number of hydrogen-bond donors (Lipinski definition) is 1. The van der Waals surface area contributed by atoms with Crippen molar-refractivity contribution in [1.82, 2.24) is 14.9 Å². The van der Waals surface area contributed by atoms with Crippen LogP contribution in [0.3, 0.4) is 0 Å². The van der Waals surface area contributed by atoms with Crippen LogP contribution >= 0.6 is 0 Å². The molecule has 120 valence electrons. The molecule has 0 radical (unpaired) electrons. The summed E-state index contributed by atoms with van der Waals surface area (Å²) >= 11 is 0. The second-order valence-electron chi connectivity index (χ2n) is 5.06. The molecule has 0 fully saturated rings. The molecule has 0 saturated heterocycles. The molecule has 2 amide bonds. The minimum Gasteiger partial charge on any atom is -0.339 e. The van der Waals surface area contributed by atoms with Crippen LogP contribution in [-0.4, -0.2) is 39.8 Å². The summed E-state index contributed by atoms with van der Waals surface area (Å²) in [5, 5.41) is 2.74. The van der Waals surface area contributed by atoms with Crippen molar-refractivity contribution in [3.8, 4) is 0 Å². The van der Waals surface area contributed by atoms with Crippen molar-refractivity contribution < 1.29 is 9.59 Å². The Kier molecular flexibility index (Phi) is 5.41. The first-order valence-corrected chi connectivity index (χ1v) is 7.54. The molecule has 0 saturated carbocycles. The monoisotopic (exact) mass is 312 g/mol. The fourth-order valence-electron chi connectivity index (χ4n) is 2.13. The summed E-state index contributed by atoms with van der Waals surface area (Å²) in [7, 11) is 0. The molecular formula is C17H20N4O2. The van der Waals surface area contributed by atoms with Gasteiger partial charge in [-0.05, 0) is 39.0 Å². The lowest BCUT2D eigenvalue weighted by Crippen LogP contribution is -2.30. The second kappa shape index (κ2) is 7.49. The molecule has 1 aromatic heterocycles. The van der Waals surface area contributed by atoms with E-state index in [0.29, 0.717) is 24.3 Å². The number of hydrogen-bond acceptors (Lipinski definition) is 4. The maximum absolute atomic E-state index is 12.3. The van der Waals surface area contributed by atoms with E-state index in [2.05, 4.69) is 15.3 Å². The van der Waals surface area contributed by atoms with Gasteiger partial charge in [0.05, 0.1) is 11.9 Å². The average Bonchev–Trinajstić information content (AvgIpc) is 2.56. The summed E-state index contributed by atoms with van der Waals surface area (Å²) in [5.41, 5.74) is 2.07. The van der Waals surface area contributed by atoms with Gasteiger partial charge in [0.2, 0.25) is 0 Å². The Morgan fingerprint density at radius 1 is 1.13 bits per heavy atom. The summed E-state index contributed by atoms with van der Waals surface area (Å²) < 4.78 is 0. The minimum atomic E-state index is -0.357. The number of aryl methyl sites for hydroxylation is 1. The molecule has 1 aromatic carbocycles. The predicted octanol–water partition coefficient (Wildman–Crippen LogP) is 2.52. The van der Waals surface area contributed by atoms with Crippen LogP contribution in [0.5, 0.6) is 0 Å². The standard InChI is InChI=1S/C17H20N4O2/c1-4-21(5-2)17(23)13-7-6-8-14(9-13)20-16(22)15-11-18-12(3)10-19-15/h6-11H,4-5H2,1-3H3,(H,20,22). The molecule has 2 rings (SSSR count). The van der Waals surface area contributed by atoms with E-state index in [1.54, 1.807) is 36.1 Å². The van der Waals surface area contributed by atoms with Crippen molar-refractivity contribution in [1.29, 1.82) is 0 Å². The van der Waals surface area contributed by atoms with E-state index in [1.165, 1.54) is 12.4 Å². The summed E-state index contributed by atoms with van der Waals surface area (Å²) in [6, 6.07) is 6.88. The Hall–Kier alpha value is -2.76. The van der Waals surface area contributed by atoms with Crippen molar-refractivity contribution in [3.63, 3.8) is 0 Å². The minimum absolute atomic E-state index is 0.0544. The quantitative estimate of drug-likeness (QED) is 0.920. The fraction of sp³-hybridized carbons (Fsp3) is 0.294. The van der Waals surface area contributed by atoms with Gasteiger partial charge in [0.15, 0.2) is 0 Å². The van der Waals surface area contributed by atoms with Crippen molar-refractivity contribution in [2.24, 2.45) is 0 Å². The molecular weight excluding hydrogens is 292 g/mol. The normalized spacial score (nSPS) is 10.2. The van der Waals surface area contributed by atoms with Gasteiger partial charge >= 0.3 is 0 Å². The van der Waals surface area contributed by atoms with Gasteiger partial charge in [-0.1, -0.05) is 6.07 Å². The van der Waals surface area contributed by atoms with E-state index in [4.69, 9.17) is 0 Å². The smallest absolute Gasteiger partial charge is 0.275 e. The van der Waals surface area contributed by atoms with E-state index in [9.17, 15) is 9.59 Å². The lowest BCUT2D eigenvalue weighted by atomic mass is 10.1.